The molecule has 7 aliphatic heterocycles. The van der Waals surface area contributed by atoms with Crippen LogP contribution in [0.3, 0.4) is 0 Å². The van der Waals surface area contributed by atoms with Crippen molar-refractivity contribution in [2.45, 2.75) is 113 Å². The summed E-state index contributed by atoms with van der Waals surface area (Å²) in [6.07, 6.45) is 18.8. The number of anilines is 2. The Morgan fingerprint density at radius 1 is 0.897 bits per heavy atom. The van der Waals surface area contributed by atoms with Gasteiger partial charge in [-0.05, 0) is 113 Å². The summed E-state index contributed by atoms with van der Waals surface area (Å²) in [5.74, 6) is 2.70. The minimum absolute atomic E-state index is 0.00609. The number of benzene rings is 2. The fraction of sp³-hybridized carbons (Fsp3) is 0.534. The Morgan fingerprint density at radius 2 is 1.73 bits per heavy atom. The Kier molecular flexibility index (Phi) is 13.3. The number of likely N-dealkylation sites (tertiary alicyclic amines) is 1. The van der Waals surface area contributed by atoms with E-state index < -0.39 is 17.6 Å². The van der Waals surface area contributed by atoms with Crippen molar-refractivity contribution in [2.24, 2.45) is 18.9 Å². The van der Waals surface area contributed by atoms with E-state index in [0.717, 1.165) is 89.7 Å². The zero-order chi connectivity index (χ0) is 53.2. The Labute approximate surface area is 450 Å². The third-order valence-electron chi connectivity index (χ3n) is 18.1. The number of halogens is 2. The number of imide groups is 1. The lowest BCUT2D eigenvalue weighted by Crippen LogP contribution is -2.48. The molecule has 3 amide bonds. The van der Waals surface area contributed by atoms with Gasteiger partial charge in [-0.1, -0.05) is 30.2 Å². The number of hydrogen-bond acceptors (Lipinski definition) is 15. The van der Waals surface area contributed by atoms with Gasteiger partial charge in [0, 0.05) is 69.8 Å². The molecule has 20 heteroatoms. The summed E-state index contributed by atoms with van der Waals surface area (Å²) in [5, 5.41) is 8.69. The van der Waals surface area contributed by atoms with Gasteiger partial charge in [-0.25, -0.2) is 33.2 Å². The van der Waals surface area contributed by atoms with Gasteiger partial charge in [-0.2, -0.15) is 15.1 Å². The van der Waals surface area contributed by atoms with Gasteiger partial charge >= 0.3 is 12.1 Å². The lowest BCUT2D eigenvalue weighted by Gasteiger charge is -2.37. The van der Waals surface area contributed by atoms with Crippen LogP contribution in [0.2, 0.25) is 0 Å². The molecule has 4 atom stereocenters. The van der Waals surface area contributed by atoms with Crippen molar-refractivity contribution in [3.63, 3.8) is 0 Å². The minimum atomic E-state index is -0.644. The van der Waals surface area contributed by atoms with Crippen molar-refractivity contribution in [3.05, 3.63) is 65.1 Å². The number of carbonyl (C=O) groups excluding carboxylic acids is 3. The molecule has 13 rings (SSSR count). The summed E-state index contributed by atoms with van der Waals surface area (Å²) in [6, 6.07) is 8.46. The predicted octanol–water partition coefficient (Wildman–Crippen LogP) is 7.37. The molecule has 18 nitrogen and oxygen atoms in total. The molecule has 7 aliphatic rings. The molecule has 78 heavy (non-hydrogen) atoms. The fourth-order valence-corrected chi connectivity index (χ4v) is 14.0. The van der Waals surface area contributed by atoms with Gasteiger partial charge in [0.25, 0.3) is 0 Å². The summed E-state index contributed by atoms with van der Waals surface area (Å²) in [5.41, 5.74) is 2.75. The fourth-order valence-electron chi connectivity index (χ4n) is 14.0. The maximum Gasteiger partial charge on any atom is 0.409 e. The highest BCUT2D eigenvalue weighted by molar-refractivity contribution is 6.03. The van der Waals surface area contributed by atoms with Gasteiger partial charge in [0.15, 0.2) is 11.5 Å². The molecule has 11 heterocycles. The Hall–Kier alpha value is -7.11. The number of terminal acetylenes is 1. The molecular weight excluding hydrogens is 999 g/mol. The Balaban J connectivity index is 0.634. The summed E-state index contributed by atoms with van der Waals surface area (Å²) >= 11 is 0. The number of ether oxygens (including phenoxy) is 3. The Bertz CT molecular complexity index is 3410. The number of piperidine rings is 3. The van der Waals surface area contributed by atoms with Gasteiger partial charge in [-0.3, -0.25) is 19.8 Å². The molecule has 1 N–H and O–H groups in total. The van der Waals surface area contributed by atoms with E-state index in [-0.39, 0.29) is 64.7 Å². The molecule has 0 bridgehead atoms. The topological polar surface area (TPSA) is 186 Å². The van der Waals surface area contributed by atoms with Crippen LogP contribution in [0.25, 0.3) is 44.1 Å². The third-order valence-corrected chi connectivity index (χ3v) is 18.1. The van der Waals surface area contributed by atoms with Crippen LogP contribution in [-0.4, -0.2) is 146 Å². The maximum atomic E-state index is 17.4. The average molecular weight is 1060 g/mol. The van der Waals surface area contributed by atoms with Crippen LogP contribution in [0.4, 0.5) is 25.2 Å². The van der Waals surface area contributed by atoms with Crippen LogP contribution in [-0.2, 0) is 32.5 Å². The van der Waals surface area contributed by atoms with Crippen LogP contribution >= 0.6 is 0 Å². The van der Waals surface area contributed by atoms with Crippen molar-refractivity contribution < 1.29 is 37.4 Å². The number of pyridine rings is 1. The number of rotatable bonds is 10. The minimum Gasteiger partial charge on any atom is -0.461 e. The first-order valence-electron chi connectivity index (χ1n) is 28.0. The lowest BCUT2D eigenvalue weighted by atomic mass is 9.83. The predicted molar refractivity (Wildman–Crippen MR) is 287 cm³/mol. The normalized spacial score (nSPS) is 24.3. The third kappa shape index (κ3) is 9.09. The summed E-state index contributed by atoms with van der Waals surface area (Å²) in [6.45, 7) is 6.37. The molecule has 6 saturated heterocycles. The van der Waals surface area contributed by atoms with Gasteiger partial charge in [0.1, 0.15) is 53.1 Å². The van der Waals surface area contributed by atoms with Crippen LogP contribution in [0.1, 0.15) is 106 Å². The van der Waals surface area contributed by atoms with E-state index in [1.54, 1.807) is 29.1 Å². The van der Waals surface area contributed by atoms with Gasteiger partial charge < -0.3 is 28.9 Å². The smallest absolute Gasteiger partial charge is 0.409 e. The van der Waals surface area contributed by atoms with Crippen LogP contribution < -0.4 is 19.9 Å². The molecule has 2 aromatic carbocycles. The van der Waals surface area contributed by atoms with Crippen molar-refractivity contribution in [2.75, 3.05) is 75.5 Å². The van der Waals surface area contributed by atoms with Gasteiger partial charge in [-0.15, -0.1) is 6.42 Å². The van der Waals surface area contributed by atoms with Crippen LogP contribution in [0, 0.1) is 35.8 Å². The Morgan fingerprint density at radius 3 is 2.55 bits per heavy atom. The summed E-state index contributed by atoms with van der Waals surface area (Å²) in [4.78, 5) is 71.4. The van der Waals surface area contributed by atoms with Crippen molar-refractivity contribution in [1.82, 2.24) is 49.8 Å². The van der Waals surface area contributed by atoms with Crippen LogP contribution in [0.5, 0.6) is 6.01 Å². The molecular formula is C58H64F2N12O6. The molecule has 1 unspecified atom stereocenters. The first kappa shape index (κ1) is 50.4. The van der Waals surface area contributed by atoms with Crippen molar-refractivity contribution in [1.29, 1.82) is 0 Å². The van der Waals surface area contributed by atoms with E-state index in [1.807, 2.05) is 18.0 Å². The highest BCUT2D eigenvalue weighted by Crippen LogP contribution is 2.45. The highest BCUT2D eigenvalue weighted by atomic mass is 19.1. The quantitative estimate of drug-likeness (QED) is 0.106. The van der Waals surface area contributed by atoms with E-state index in [0.29, 0.717) is 127 Å². The molecule has 0 spiro atoms. The number of nitrogens with one attached hydrogen (secondary N) is 1. The number of fused-ring (bicyclic) bond motifs is 5. The van der Waals surface area contributed by atoms with E-state index >= 15 is 8.78 Å². The number of aromatic nitrogens is 7. The standard InChI is InChI=1S/C58H64F2N12O6/c1-3-39-42(59)12-9-36-7-4-8-40(46(36)39)49-48(60)51-47-43(62-49)13-10-37-31-76-28-6-22-71(37)53(47)66-56(65-51)78-33-58-20-5-23-72(58)38(15-21-58)32-77-57(75)70-26-18-35(19-27-70)29-34-16-24-69(25-17-34)44-30-61-52-50(67-68(2)54(52)63-44)41-11-14-45(73)64-55(41)74/h1,4,7-9,12,30,34-35,37-38,41H,5-6,10-11,13-29,31-33H2,2H3,(H,64,73,74)/t37-,38-,41?,58-/m0/s1. The highest BCUT2D eigenvalue weighted by Gasteiger charge is 2.50. The molecule has 6 fully saturated rings. The van der Waals surface area contributed by atoms with E-state index in [1.165, 1.54) is 6.07 Å². The first-order chi connectivity index (χ1) is 38.0. The molecule has 4 aromatic heterocycles. The maximum absolute atomic E-state index is 17.4. The monoisotopic (exact) mass is 1060 g/mol. The van der Waals surface area contributed by atoms with Crippen LogP contribution in [0.15, 0.2) is 36.5 Å². The zero-order valence-electron chi connectivity index (χ0n) is 44.0. The second-order valence-electron chi connectivity index (χ2n) is 22.6. The van der Waals surface area contributed by atoms with Crippen molar-refractivity contribution in [3.8, 4) is 29.6 Å². The molecule has 406 valence electrons. The zero-order valence-corrected chi connectivity index (χ0v) is 44.0. The first-order valence-corrected chi connectivity index (χ1v) is 28.0. The van der Waals surface area contributed by atoms with E-state index in [2.05, 4.69) is 31.0 Å². The van der Waals surface area contributed by atoms with Gasteiger partial charge in [0.2, 0.25) is 11.8 Å². The number of aryl methyl sites for hydroxylation is 2. The molecule has 6 aromatic rings. The SMILES string of the molecule is C#Cc1c(F)ccc2cccc(-c3nc4c5c(nc(OC[C@@]67CCCN6[C@H](COC(=O)N6CCC(CC8CCN(c9cnc%10c(C%11CCC(=O)NC%11=O)nn(C)c%10n9)CC8)CC6)CC7)nc5c3F)N3CCCOC[C@@H]3CC4)c12. The summed E-state index contributed by atoms with van der Waals surface area (Å²) < 4.78 is 53.1. The summed E-state index contributed by atoms with van der Waals surface area (Å²) in [7, 11) is 1.81. The van der Waals surface area contributed by atoms with Crippen molar-refractivity contribution >= 4 is 62.4 Å². The second-order valence-corrected chi connectivity index (χ2v) is 22.6. The number of amides is 3. The lowest BCUT2D eigenvalue weighted by molar-refractivity contribution is -0.134. The molecule has 0 aliphatic carbocycles. The molecule has 0 radical (unpaired) electrons. The number of carbonyl (C=O) groups is 3. The average Bonchev–Trinajstić information content (AvgIpc) is 4.13. The largest absolute Gasteiger partial charge is 0.461 e. The van der Waals surface area contributed by atoms with Gasteiger partial charge in [0.05, 0.1) is 46.9 Å². The van der Waals surface area contributed by atoms with E-state index in [9.17, 15) is 14.4 Å². The second kappa shape index (κ2) is 20.6. The number of hydrogen-bond donors (Lipinski definition) is 1. The van der Waals surface area contributed by atoms with E-state index in [4.69, 9.17) is 45.6 Å². The molecule has 0 saturated carbocycles. The number of nitrogens with zero attached hydrogens (tertiary/aromatic N) is 11.